The molecule has 4 nitrogen and oxygen atoms in total. The zero-order chi connectivity index (χ0) is 15.2. The van der Waals surface area contributed by atoms with Gasteiger partial charge in [-0.2, -0.15) is 5.10 Å². The predicted octanol–water partition coefficient (Wildman–Crippen LogP) is 4.57. The van der Waals surface area contributed by atoms with Crippen LogP contribution in [0.1, 0.15) is 19.3 Å². The van der Waals surface area contributed by atoms with Gasteiger partial charge in [0.2, 0.25) is 5.13 Å². The van der Waals surface area contributed by atoms with Crippen molar-refractivity contribution < 1.29 is 4.74 Å². The van der Waals surface area contributed by atoms with Crippen LogP contribution in [0.4, 0.5) is 5.13 Å². The van der Waals surface area contributed by atoms with Crippen LogP contribution in [0.15, 0.2) is 46.9 Å². The summed E-state index contributed by atoms with van der Waals surface area (Å²) in [5, 5.41) is 7.16. The number of hydrogen-bond donors (Lipinski definition) is 1. The van der Waals surface area contributed by atoms with Gasteiger partial charge in [-0.25, -0.2) is 4.98 Å². The quantitative estimate of drug-likeness (QED) is 0.499. The molecule has 0 saturated heterocycles. The molecule has 1 N–H and O–H groups in total. The summed E-state index contributed by atoms with van der Waals surface area (Å²) < 4.78 is 5.17. The molecule has 0 fully saturated rings. The standard InChI is InChI=1S/C17H19N3OS/c1-21-15-9-7-14(8-10-15)16-12-22-17(19-16)20-18-11-13-5-3-2-4-6-13/h2-3,7-13H,4-6H2,1H3,(H,19,20)/b18-11+. The molecule has 0 spiro atoms. The predicted molar refractivity (Wildman–Crippen MR) is 92.7 cm³/mol. The first-order valence-electron chi connectivity index (χ1n) is 7.39. The van der Waals surface area contributed by atoms with E-state index in [0.717, 1.165) is 35.0 Å². The number of rotatable bonds is 5. The van der Waals surface area contributed by atoms with Gasteiger partial charge in [0, 0.05) is 17.2 Å². The van der Waals surface area contributed by atoms with Gasteiger partial charge in [-0.1, -0.05) is 12.2 Å². The van der Waals surface area contributed by atoms with Crippen molar-refractivity contribution in [2.75, 3.05) is 12.5 Å². The van der Waals surface area contributed by atoms with E-state index in [4.69, 9.17) is 4.74 Å². The van der Waals surface area contributed by atoms with Gasteiger partial charge in [0.1, 0.15) is 5.75 Å². The highest BCUT2D eigenvalue weighted by atomic mass is 32.1. The summed E-state index contributed by atoms with van der Waals surface area (Å²) in [6, 6.07) is 7.90. The van der Waals surface area contributed by atoms with Gasteiger partial charge in [0.05, 0.1) is 12.8 Å². The second-order valence-electron chi connectivity index (χ2n) is 5.20. The molecule has 0 bridgehead atoms. The van der Waals surface area contributed by atoms with Crippen LogP contribution in [0.25, 0.3) is 11.3 Å². The summed E-state index contributed by atoms with van der Waals surface area (Å²) in [6.45, 7) is 0. The Morgan fingerprint density at radius 3 is 2.91 bits per heavy atom. The Morgan fingerprint density at radius 1 is 1.32 bits per heavy atom. The van der Waals surface area contributed by atoms with E-state index in [1.165, 1.54) is 6.42 Å². The lowest BCUT2D eigenvalue weighted by atomic mass is 9.96. The molecule has 0 saturated carbocycles. The molecule has 1 aromatic heterocycles. The molecular formula is C17H19N3OS. The van der Waals surface area contributed by atoms with Crippen molar-refractivity contribution in [3.63, 3.8) is 0 Å². The Hall–Kier alpha value is -2.14. The molecule has 114 valence electrons. The van der Waals surface area contributed by atoms with E-state index in [-0.39, 0.29) is 0 Å². The van der Waals surface area contributed by atoms with Crippen LogP contribution in [-0.4, -0.2) is 18.3 Å². The average molecular weight is 313 g/mol. The monoisotopic (exact) mass is 313 g/mol. The van der Waals surface area contributed by atoms with Crippen molar-refractivity contribution in [2.24, 2.45) is 11.0 Å². The number of nitrogens with zero attached hydrogens (tertiary/aromatic N) is 2. The number of allylic oxidation sites excluding steroid dienone is 2. The van der Waals surface area contributed by atoms with E-state index in [1.807, 2.05) is 35.9 Å². The number of thiazole rings is 1. The molecule has 1 aliphatic carbocycles. The Labute approximate surface area is 134 Å². The molecule has 0 radical (unpaired) electrons. The summed E-state index contributed by atoms with van der Waals surface area (Å²) in [5.41, 5.74) is 5.06. The molecule has 5 heteroatoms. The summed E-state index contributed by atoms with van der Waals surface area (Å²) in [4.78, 5) is 4.56. The summed E-state index contributed by atoms with van der Waals surface area (Å²) in [6.07, 6.45) is 9.87. The van der Waals surface area contributed by atoms with Crippen LogP contribution >= 0.6 is 11.3 Å². The molecule has 0 aliphatic heterocycles. The molecule has 3 rings (SSSR count). The molecule has 1 unspecified atom stereocenters. The normalized spacial score (nSPS) is 17.8. The number of hydrogen-bond acceptors (Lipinski definition) is 5. The number of methoxy groups -OCH3 is 1. The fourth-order valence-electron chi connectivity index (χ4n) is 2.37. The molecule has 2 aromatic rings. The van der Waals surface area contributed by atoms with Crippen LogP contribution in [0, 0.1) is 5.92 Å². The number of aromatic nitrogens is 1. The van der Waals surface area contributed by atoms with Gasteiger partial charge in [-0.05, 0) is 49.4 Å². The van der Waals surface area contributed by atoms with Gasteiger partial charge >= 0.3 is 0 Å². The van der Waals surface area contributed by atoms with Crippen LogP contribution in [0.2, 0.25) is 0 Å². The van der Waals surface area contributed by atoms with Gasteiger partial charge in [-0.15, -0.1) is 11.3 Å². The van der Waals surface area contributed by atoms with Crippen molar-refractivity contribution in [2.45, 2.75) is 19.3 Å². The van der Waals surface area contributed by atoms with E-state index in [9.17, 15) is 0 Å². The van der Waals surface area contributed by atoms with Gasteiger partial charge < -0.3 is 4.74 Å². The first-order valence-corrected chi connectivity index (χ1v) is 8.27. The number of ether oxygens (including phenoxy) is 1. The van der Waals surface area contributed by atoms with E-state index in [1.54, 1.807) is 18.4 Å². The average Bonchev–Trinajstić information content (AvgIpc) is 3.05. The first-order chi connectivity index (χ1) is 10.8. The summed E-state index contributed by atoms with van der Waals surface area (Å²) >= 11 is 1.56. The maximum Gasteiger partial charge on any atom is 0.203 e. The largest absolute Gasteiger partial charge is 0.497 e. The van der Waals surface area contributed by atoms with Crippen molar-refractivity contribution in [3.8, 4) is 17.0 Å². The topological polar surface area (TPSA) is 46.5 Å². The van der Waals surface area contributed by atoms with Gasteiger partial charge in [-0.3, -0.25) is 5.43 Å². The highest BCUT2D eigenvalue weighted by Crippen LogP contribution is 2.26. The van der Waals surface area contributed by atoms with Crippen LogP contribution in [-0.2, 0) is 0 Å². The Balaban J connectivity index is 1.60. The summed E-state index contributed by atoms with van der Waals surface area (Å²) in [7, 11) is 1.67. The molecule has 1 aliphatic rings. The SMILES string of the molecule is COc1ccc(-c2csc(N/N=C/C3CC=CCC3)n2)cc1. The Kier molecular flexibility index (Phi) is 4.85. The van der Waals surface area contributed by atoms with Crippen LogP contribution < -0.4 is 10.2 Å². The molecular weight excluding hydrogens is 294 g/mol. The van der Waals surface area contributed by atoms with Crippen LogP contribution in [0.5, 0.6) is 5.75 Å². The molecule has 22 heavy (non-hydrogen) atoms. The van der Waals surface area contributed by atoms with Crippen molar-refractivity contribution in [3.05, 3.63) is 41.8 Å². The lowest BCUT2D eigenvalue weighted by molar-refractivity contribution is 0.415. The highest BCUT2D eigenvalue weighted by Gasteiger charge is 2.07. The van der Waals surface area contributed by atoms with E-state index in [2.05, 4.69) is 27.7 Å². The van der Waals surface area contributed by atoms with Crippen LogP contribution in [0.3, 0.4) is 0 Å². The molecule has 0 amide bonds. The van der Waals surface area contributed by atoms with Gasteiger partial charge in [0.15, 0.2) is 0 Å². The van der Waals surface area contributed by atoms with E-state index < -0.39 is 0 Å². The zero-order valence-electron chi connectivity index (χ0n) is 12.5. The number of nitrogens with one attached hydrogen (secondary N) is 1. The van der Waals surface area contributed by atoms with Crippen molar-refractivity contribution in [1.82, 2.24) is 4.98 Å². The second kappa shape index (κ2) is 7.22. The lowest BCUT2D eigenvalue weighted by Crippen LogP contribution is -2.04. The molecule has 1 aromatic carbocycles. The molecule has 1 atom stereocenters. The minimum atomic E-state index is 0.540. The minimum Gasteiger partial charge on any atom is -0.497 e. The third-order valence-corrected chi connectivity index (χ3v) is 4.39. The Bertz CT molecular complexity index is 661. The fraction of sp³-hybridized carbons (Fsp3) is 0.294. The smallest absolute Gasteiger partial charge is 0.203 e. The third-order valence-electron chi connectivity index (χ3n) is 3.65. The first kappa shape index (κ1) is 14.8. The number of benzene rings is 1. The summed E-state index contributed by atoms with van der Waals surface area (Å²) in [5.74, 6) is 1.39. The maximum absolute atomic E-state index is 5.17. The number of anilines is 1. The zero-order valence-corrected chi connectivity index (χ0v) is 13.3. The van der Waals surface area contributed by atoms with E-state index >= 15 is 0 Å². The third kappa shape index (κ3) is 3.74. The van der Waals surface area contributed by atoms with E-state index in [0.29, 0.717) is 5.92 Å². The van der Waals surface area contributed by atoms with Gasteiger partial charge in [0.25, 0.3) is 0 Å². The van der Waals surface area contributed by atoms with Crippen molar-refractivity contribution >= 4 is 22.7 Å². The number of hydrazone groups is 1. The second-order valence-corrected chi connectivity index (χ2v) is 6.06. The Morgan fingerprint density at radius 2 is 2.18 bits per heavy atom. The molecule has 1 heterocycles. The van der Waals surface area contributed by atoms with Crippen molar-refractivity contribution in [1.29, 1.82) is 0 Å². The highest BCUT2D eigenvalue weighted by molar-refractivity contribution is 7.14. The minimum absolute atomic E-state index is 0.540. The maximum atomic E-state index is 5.17. The fourth-order valence-corrected chi connectivity index (χ4v) is 3.04. The lowest BCUT2D eigenvalue weighted by Gasteiger charge is -2.11.